The first-order chi connectivity index (χ1) is 12.1. The quantitative estimate of drug-likeness (QED) is 0.928. The number of halogens is 1. The van der Waals surface area contributed by atoms with E-state index in [1.807, 2.05) is 31.2 Å². The summed E-state index contributed by atoms with van der Waals surface area (Å²) in [4.78, 5) is 14.4. The molecule has 1 heterocycles. The summed E-state index contributed by atoms with van der Waals surface area (Å²) in [7, 11) is 0. The molecule has 0 spiro atoms. The molecular weight excluding hydrogens is 319 g/mol. The van der Waals surface area contributed by atoms with E-state index in [-0.39, 0.29) is 23.4 Å². The fourth-order valence-corrected chi connectivity index (χ4v) is 3.35. The van der Waals surface area contributed by atoms with E-state index >= 15 is 0 Å². The summed E-state index contributed by atoms with van der Waals surface area (Å²) < 4.78 is 19.4. The minimum absolute atomic E-state index is 0.0991. The lowest BCUT2D eigenvalue weighted by Gasteiger charge is -2.36. The first-order valence-electron chi connectivity index (χ1n) is 8.60. The molecule has 1 amide bonds. The van der Waals surface area contributed by atoms with E-state index in [1.165, 1.54) is 12.1 Å². The Bertz CT molecular complexity index is 733. The molecule has 0 aromatic heterocycles. The summed E-state index contributed by atoms with van der Waals surface area (Å²) in [5.74, 6) is 0.161. The fourth-order valence-electron chi connectivity index (χ4n) is 3.35. The van der Waals surface area contributed by atoms with Crippen molar-refractivity contribution >= 4 is 5.91 Å². The highest BCUT2D eigenvalue weighted by Gasteiger charge is 2.30. The van der Waals surface area contributed by atoms with E-state index in [9.17, 15) is 9.18 Å². The van der Waals surface area contributed by atoms with Crippen LogP contribution < -0.4 is 10.5 Å². The Labute approximate surface area is 147 Å². The number of nitrogens with two attached hydrogens (primary N) is 1. The predicted octanol–water partition coefficient (Wildman–Crippen LogP) is 3.18. The van der Waals surface area contributed by atoms with Gasteiger partial charge in [0.1, 0.15) is 11.6 Å². The van der Waals surface area contributed by atoms with Crippen LogP contribution in [0.3, 0.4) is 0 Å². The van der Waals surface area contributed by atoms with Crippen LogP contribution in [0.5, 0.6) is 5.75 Å². The number of ether oxygens (including phenoxy) is 1. The van der Waals surface area contributed by atoms with Crippen LogP contribution in [-0.4, -0.2) is 36.5 Å². The van der Waals surface area contributed by atoms with Crippen molar-refractivity contribution in [1.29, 1.82) is 0 Å². The maximum Gasteiger partial charge on any atom is 0.256 e. The zero-order valence-electron chi connectivity index (χ0n) is 14.3. The number of benzene rings is 2. The van der Waals surface area contributed by atoms with Crippen molar-refractivity contribution in [2.24, 2.45) is 5.73 Å². The molecule has 1 fully saturated rings. The Morgan fingerprint density at radius 1 is 1.20 bits per heavy atom. The lowest BCUT2D eigenvalue weighted by molar-refractivity contribution is 0.0684. The number of piperidine rings is 1. The zero-order chi connectivity index (χ0) is 17.8. The van der Waals surface area contributed by atoms with Gasteiger partial charge in [-0.05, 0) is 43.2 Å². The smallest absolute Gasteiger partial charge is 0.256 e. The van der Waals surface area contributed by atoms with Gasteiger partial charge in [0, 0.05) is 25.0 Å². The molecule has 2 aromatic rings. The average Bonchev–Trinajstić information content (AvgIpc) is 2.62. The Kier molecular flexibility index (Phi) is 5.34. The number of amides is 1. The molecule has 0 aliphatic carbocycles. The topological polar surface area (TPSA) is 55.6 Å². The summed E-state index contributed by atoms with van der Waals surface area (Å²) in [6, 6.07) is 13.8. The Hall–Kier alpha value is -2.40. The molecule has 2 unspecified atom stereocenters. The van der Waals surface area contributed by atoms with Crippen LogP contribution in [0, 0.1) is 5.82 Å². The molecule has 0 radical (unpaired) electrons. The molecule has 1 saturated heterocycles. The van der Waals surface area contributed by atoms with Gasteiger partial charge in [-0.15, -0.1) is 0 Å². The normalized spacial score (nSPS) is 20.4. The summed E-state index contributed by atoms with van der Waals surface area (Å²) in [6.07, 6.45) is 0.801. The third-order valence-corrected chi connectivity index (χ3v) is 4.54. The molecule has 5 heteroatoms. The molecule has 2 atom stereocenters. The van der Waals surface area contributed by atoms with Crippen molar-refractivity contribution in [3.63, 3.8) is 0 Å². The molecule has 2 N–H and O–H groups in total. The fraction of sp³-hybridized carbons (Fsp3) is 0.350. The van der Waals surface area contributed by atoms with Gasteiger partial charge in [0.25, 0.3) is 5.91 Å². The molecule has 1 aliphatic heterocycles. The summed E-state index contributed by atoms with van der Waals surface area (Å²) in [5.41, 5.74) is 7.39. The van der Waals surface area contributed by atoms with Gasteiger partial charge >= 0.3 is 0 Å². The molecule has 4 nitrogen and oxygen atoms in total. The first-order valence-corrected chi connectivity index (χ1v) is 8.60. The van der Waals surface area contributed by atoms with Gasteiger partial charge in [0.2, 0.25) is 0 Å². The lowest BCUT2D eigenvalue weighted by atomic mass is 9.88. The minimum atomic E-state index is -0.496. The molecule has 0 saturated carbocycles. The molecular formula is C20H23FN2O2. The van der Waals surface area contributed by atoms with Gasteiger partial charge in [-0.25, -0.2) is 4.39 Å². The van der Waals surface area contributed by atoms with Crippen LogP contribution >= 0.6 is 0 Å². The molecule has 1 aliphatic rings. The van der Waals surface area contributed by atoms with Crippen LogP contribution in [-0.2, 0) is 0 Å². The lowest BCUT2D eigenvalue weighted by Crippen LogP contribution is -2.48. The number of likely N-dealkylation sites (tertiary alicyclic amines) is 1. The monoisotopic (exact) mass is 342 g/mol. The van der Waals surface area contributed by atoms with Gasteiger partial charge in [0.05, 0.1) is 12.2 Å². The Morgan fingerprint density at radius 3 is 2.60 bits per heavy atom. The van der Waals surface area contributed by atoms with E-state index in [1.54, 1.807) is 17.0 Å². The maximum atomic E-state index is 13.9. The van der Waals surface area contributed by atoms with Gasteiger partial charge in [-0.3, -0.25) is 4.79 Å². The van der Waals surface area contributed by atoms with Gasteiger partial charge in [0.15, 0.2) is 0 Å². The number of carbonyl (C=O) groups is 1. The highest BCUT2D eigenvalue weighted by molar-refractivity contribution is 5.94. The molecule has 0 bridgehead atoms. The number of hydrogen-bond donors (Lipinski definition) is 1. The first kappa shape index (κ1) is 17.4. The van der Waals surface area contributed by atoms with Crippen LogP contribution in [0.1, 0.15) is 35.2 Å². The number of hydrogen-bond acceptors (Lipinski definition) is 3. The van der Waals surface area contributed by atoms with E-state index in [0.717, 1.165) is 17.7 Å². The van der Waals surface area contributed by atoms with Crippen molar-refractivity contribution in [2.75, 3.05) is 19.7 Å². The second-order valence-electron chi connectivity index (χ2n) is 6.38. The van der Waals surface area contributed by atoms with Crippen LogP contribution in [0.4, 0.5) is 4.39 Å². The number of rotatable bonds is 4. The van der Waals surface area contributed by atoms with E-state index in [2.05, 4.69) is 0 Å². The molecule has 2 aromatic carbocycles. The molecule has 132 valence electrons. The predicted molar refractivity (Wildman–Crippen MR) is 95.2 cm³/mol. The Balaban J connectivity index is 1.77. The Morgan fingerprint density at radius 2 is 1.92 bits per heavy atom. The number of carbonyl (C=O) groups excluding carboxylic acids is 1. The highest BCUT2D eigenvalue weighted by atomic mass is 19.1. The van der Waals surface area contributed by atoms with E-state index in [4.69, 9.17) is 10.5 Å². The van der Waals surface area contributed by atoms with Crippen LogP contribution in [0.2, 0.25) is 0 Å². The second kappa shape index (κ2) is 7.66. The van der Waals surface area contributed by atoms with Gasteiger partial charge in [-0.1, -0.05) is 24.3 Å². The molecule has 25 heavy (non-hydrogen) atoms. The largest absolute Gasteiger partial charge is 0.494 e. The average molecular weight is 342 g/mol. The standard InChI is InChI=1S/C20H23FN2O2/c1-2-25-17-9-7-14(8-10-17)15-11-16(22)13-23(12-15)20(24)18-5-3-4-6-19(18)21/h3-10,15-16H,2,11-13,22H2,1H3. The van der Waals surface area contributed by atoms with Crippen molar-refractivity contribution in [2.45, 2.75) is 25.3 Å². The van der Waals surface area contributed by atoms with Crippen molar-refractivity contribution < 1.29 is 13.9 Å². The van der Waals surface area contributed by atoms with E-state index in [0.29, 0.717) is 19.7 Å². The SMILES string of the molecule is CCOc1ccc(C2CC(N)CN(C(=O)c3ccccc3F)C2)cc1. The highest BCUT2D eigenvalue weighted by Crippen LogP contribution is 2.29. The minimum Gasteiger partial charge on any atom is -0.494 e. The third kappa shape index (κ3) is 3.99. The third-order valence-electron chi connectivity index (χ3n) is 4.54. The number of nitrogens with zero attached hydrogens (tertiary/aromatic N) is 1. The van der Waals surface area contributed by atoms with E-state index < -0.39 is 5.82 Å². The summed E-state index contributed by atoms with van der Waals surface area (Å²) in [6.45, 7) is 3.55. The van der Waals surface area contributed by atoms with Gasteiger partial charge in [-0.2, -0.15) is 0 Å². The van der Waals surface area contributed by atoms with Crippen LogP contribution in [0.15, 0.2) is 48.5 Å². The van der Waals surface area contributed by atoms with Crippen LogP contribution in [0.25, 0.3) is 0 Å². The molecule has 3 rings (SSSR count). The zero-order valence-corrected chi connectivity index (χ0v) is 14.3. The summed E-state index contributed by atoms with van der Waals surface area (Å²) in [5, 5.41) is 0. The maximum absolute atomic E-state index is 13.9. The van der Waals surface area contributed by atoms with Crippen molar-refractivity contribution in [3.8, 4) is 5.75 Å². The van der Waals surface area contributed by atoms with Crippen molar-refractivity contribution in [1.82, 2.24) is 4.90 Å². The van der Waals surface area contributed by atoms with Gasteiger partial charge < -0.3 is 15.4 Å². The second-order valence-corrected chi connectivity index (χ2v) is 6.38. The van der Waals surface area contributed by atoms with Crippen molar-refractivity contribution in [3.05, 3.63) is 65.5 Å². The summed E-state index contributed by atoms with van der Waals surface area (Å²) >= 11 is 0.